The Morgan fingerprint density at radius 1 is 1.10 bits per heavy atom. The lowest BCUT2D eigenvalue weighted by atomic mass is 10.1. The summed E-state index contributed by atoms with van der Waals surface area (Å²) in [6, 6.07) is 11.7. The maximum absolute atomic E-state index is 12.2. The van der Waals surface area contributed by atoms with Crippen LogP contribution < -0.4 is 19.5 Å². The van der Waals surface area contributed by atoms with Gasteiger partial charge in [-0.05, 0) is 36.3 Å². The van der Waals surface area contributed by atoms with Gasteiger partial charge in [0.1, 0.15) is 5.01 Å². The number of rotatable bonds is 8. The van der Waals surface area contributed by atoms with Crippen molar-refractivity contribution >= 4 is 23.3 Å². The monoisotopic (exact) mass is 424 g/mol. The highest BCUT2D eigenvalue weighted by Crippen LogP contribution is 2.38. The Labute approximate surface area is 180 Å². The molecular formula is C23H24N2O4S. The summed E-state index contributed by atoms with van der Waals surface area (Å²) in [5, 5.41) is 5.77. The minimum atomic E-state index is -0.214. The molecule has 0 radical (unpaired) electrons. The fourth-order valence-corrected chi connectivity index (χ4v) is 3.84. The van der Waals surface area contributed by atoms with Crippen molar-refractivity contribution in [2.24, 2.45) is 0 Å². The van der Waals surface area contributed by atoms with Crippen molar-refractivity contribution in [3.05, 3.63) is 64.7 Å². The number of thiazole rings is 1. The van der Waals surface area contributed by atoms with E-state index < -0.39 is 0 Å². The molecule has 0 unspecified atom stereocenters. The summed E-state index contributed by atoms with van der Waals surface area (Å²) in [6.07, 6.45) is 3.16. The van der Waals surface area contributed by atoms with Crippen molar-refractivity contribution in [2.45, 2.75) is 13.5 Å². The number of hydrogen-bond donors (Lipinski definition) is 1. The number of nitrogens with one attached hydrogen (secondary N) is 1. The number of aryl methyl sites for hydroxylation is 1. The van der Waals surface area contributed by atoms with Gasteiger partial charge in [0, 0.05) is 17.0 Å². The minimum Gasteiger partial charge on any atom is -0.493 e. The van der Waals surface area contributed by atoms with Gasteiger partial charge in [0.25, 0.3) is 0 Å². The topological polar surface area (TPSA) is 69.7 Å². The molecule has 156 valence electrons. The molecule has 3 aromatic rings. The molecule has 0 saturated heterocycles. The van der Waals surface area contributed by atoms with Crippen LogP contribution in [0.2, 0.25) is 0 Å². The van der Waals surface area contributed by atoms with Crippen LogP contribution in [0, 0.1) is 6.92 Å². The number of aromatic nitrogens is 1. The maximum Gasteiger partial charge on any atom is 0.244 e. The largest absolute Gasteiger partial charge is 0.493 e. The molecule has 1 N–H and O–H groups in total. The highest BCUT2D eigenvalue weighted by Gasteiger charge is 2.12. The summed E-state index contributed by atoms with van der Waals surface area (Å²) in [5.41, 5.74) is 3.88. The van der Waals surface area contributed by atoms with Crippen LogP contribution in [0.5, 0.6) is 17.2 Å². The molecule has 0 bridgehead atoms. The molecule has 0 atom stereocenters. The average Bonchev–Trinajstić information content (AvgIpc) is 3.24. The van der Waals surface area contributed by atoms with E-state index in [1.165, 1.54) is 11.6 Å². The van der Waals surface area contributed by atoms with Gasteiger partial charge in [-0.2, -0.15) is 0 Å². The molecule has 0 aliphatic carbocycles. The molecule has 0 aliphatic rings. The van der Waals surface area contributed by atoms with Crippen LogP contribution in [0.1, 0.15) is 16.8 Å². The second-order valence-corrected chi connectivity index (χ2v) is 7.33. The third-order valence-electron chi connectivity index (χ3n) is 4.49. The molecule has 2 aromatic carbocycles. The Bertz CT molecular complexity index is 1030. The second-order valence-electron chi connectivity index (χ2n) is 6.47. The van der Waals surface area contributed by atoms with Crippen molar-refractivity contribution < 1.29 is 19.0 Å². The van der Waals surface area contributed by atoms with Crippen molar-refractivity contribution in [1.29, 1.82) is 0 Å². The summed E-state index contributed by atoms with van der Waals surface area (Å²) in [6.45, 7) is 2.42. The molecule has 1 amide bonds. The zero-order chi connectivity index (χ0) is 21.5. The Hall–Kier alpha value is -3.32. The number of benzene rings is 2. The number of hydrogen-bond acceptors (Lipinski definition) is 6. The Morgan fingerprint density at radius 3 is 2.43 bits per heavy atom. The van der Waals surface area contributed by atoms with E-state index in [-0.39, 0.29) is 5.91 Å². The van der Waals surface area contributed by atoms with Gasteiger partial charge in [0.05, 0.1) is 33.6 Å². The summed E-state index contributed by atoms with van der Waals surface area (Å²) in [5.74, 6) is 1.36. The molecule has 30 heavy (non-hydrogen) atoms. The zero-order valence-corrected chi connectivity index (χ0v) is 18.2. The lowest BCUT2D eigenvalue weighted by Crippen LogP contribution is -2.20. The first-order valence-corrected chi connectivity index (χ1v) is 10.2. The molecule has 6 nitrogen and oxygen atoms in total. The molecular weight excluding hydrogens is 400 g/mol. The lowest BCUT2D eigenvalue weighted by Gasteiger charge is -2.12. The van der Waals surface area contributed by atoms with Gasteiger partial charge in [0.15, 0.2) is 11.5 Å². The fraction of sp³-hybridized carbons (Fsp3) is 0.217. The first-order valence-electron chi connectivity index (χ1n) is 9.32. The van der Waals surface area contributed by atoms with Crippen molar-refractivity contribution in [1.82, 2.24) is 10.3 Å². The third kappa shape index (κ3) is 4.99. The van der Waals surface area contributed by atoms with E-state index in [0.717, 1.165) is 21.8 Å². The number of ether oxygens (including phenoxy) is 3. The zero-order valence-electron chi connectivity index (χ0n) is 17.4. The van der Waals surface area contributed by atoms with Gasteiger partial charge >= 0.3 is 0 Å². The van der Waals surface area contributed by atoms with Gasteiger partial charge in [0.2, 0.25) is 11.7 Å². The van der Waals surface area contributed by atoms with E-state index in [9.17, 15) is 4.79 Å². The van der Waals surface area contributed by atoms with Crippen LogP contribution in [0.4, 0.5) is 0 Å². The van der Waals surface area contributed by atoms with Gasteiger partial charge in [-0.1, -0.05) is 24.3 Å². The van der Waals surface area contributed by atoms with Crippen LogP contribution in [0.3, 0.4) is 0 Å². The van der Waals surface area contributed by atoms with Gasteiger partial charge in [-0.15, -0.1) is 11.3 Å². The lowest BCUT2D eigenvalue weighted by molar-refractivity contribution is -0.116. The van der Waals surface area contributed by atoms with Crippen LogP contribution in [-0.4, -0.2) is 32.2 Å². The fourth-order valence-electron chi connectivity index (χ4n) is 2.93. The Morgan fingerprint density at radius 2 is 1.80 bits per heavy atom. The first kappa shape index (κ1) is 21.4. The van der Waals surface area contributed by atoms with E-state index in [4.69, 9.17) is 14.2 Å². The summed E-state index contributed by atoms with van der Waals surface area (Å²) < 4.78 is 16.0. The molecule has 0 saturated carbocycles. The maximum atomic E-state index is 12.2. The highest BCUT2D eigenvalue weighted by molar-refractivity contribution is 7.13. The molecule has 0 spiro atoms. The Kier molecular flexibility index (Phi) is 7.08. The minimum absolute atomic E-state index is 0.214. The SMILES string of the molecule is COc1cc(/C=C/C(=O)NCc2csc(-c3ccccc3C)n2)cc(OC)c1OC. The van der Waals surface area contributed by atoms with Gasteiger partial charge < -0.3 is 19.5 Å². The van der Waals surface area contributed by atoms with Crippen molar-refractivity contribution in [2.75, 3.05) is 21.3 Å². The van der Waals surface area contributed by atoms with Crippen molar-refractivity contribution in [3.8, 4) is 27.8 Å². The molecule has 3 rings (SSSR count). The number of nitrogens with zero attached hydrogens (tertiary/aromatic N) is 1. The normalized spacial score (nSPS) is 10.8. The predicted octanol–water partition coefficient (Wildman–Crippen LogP) is 4.47. The van der Waals surface area contributed by atoms with E-state index in [1.807, 2.05) is 17.5 Å². The third-order valence-corrected chi connectivity index (χ3v) is 5.41. The molecule has 7 heteroatoms. The van der Waals surface area contributed by atoms with Crippen LogP contribution in [0.25, 0.3) is 16.6 Å². The van der Waals surface area contributed by atoms with E-state index in [1.54, 1.807) is 50.9 Å². The molecule has 1 aromatic heterocycles. The van der Waals surface area contributed by atoms with Crippen molar-refractivity contribution in [3.63, 3.8) is 0 Å². The Balaban J connectivity index is 1.64. The molecule has 1 heterocycles. The van der Waals surface area contributed by atoms with Crippen LogP contribution in [-0.2, 0) is 11.3 Å². The van der Waals surface area contributed by atoms with E-state index in [0.29, 0.717) is 23.8 Å². The van der Waals surface area contributed by atoms with Crippen LogP contribution >= 0.6 is 11.3 Å². The number of carbonyl (C=O) groups is 1. The van der Waals surface area contributed by atoms with Gasteiger partial charge in [-0.3, -0.25) is 4.79 Å². The van der Waals surface area contributed by atoms with E-state index >= 15 is 0 Å². The summed E-state index contributed by atoms with van der Waals surface area (Å²) in [7, 11) is 4.65. The number of methoxy groups -OCH3 is 3. The first-order chi connectivity index (χ1) is 14.5. The predicted molar refractivity (Wildman–Crippen MR) is 119 cm³/mol. The summed E-state index contributed by atoms with van der Waals surface area (Å²) >= 11 is 1.57. The number of carbonyl (C=O) groups excluding carboxylic acids is 1. The average molecular weight is 425 g/mol. The van der Waals surface area contributed by atoms with Gasteiger partial charge in [-0.25, -0.2) is 4.98 Å². The summed E-state index contributed by atoms with van der Waals surface area (Å²) in [4.78, 5) is 16.9. The standard InChI is InChI=1S/C23H24N2O4S/c1-15-7-5-6-8-18(15)23-25-17(14-30-23)13-24-21(26)10-9-16-11-19(27-2)22(29-4)20(12-16)28-3/h5-12,14H,13H2,1-4H3,(H,24,26)/b10-9+. The van der Waals surface area contributed by atoms with E-state index in [2.05, 4.69) is 29.4 Å². The number of amides is 1. The van der Waals surface area contributed by atoms with Crippen LogP contribution in [0.15, 0.2) is 47.9 Å². The quantitative estimate of drug-likeness (QED) is 0.540. The molecule has 0 fully saturated rings. The second kappa shape index (κ2) is 9.93. The smallest absolute Gasteiger partial charge is 0.244 e. The molecule has 0 aliphatic heterocycles. The highest BCUT2D eigenvalue weighted by atomic mass is 32.1.